The minimum Gasteiger partial charge on any atom is -0.481 e. The Balaban J connectivity index is 2.96. The smallest absolute Gasteiger partial charge is 0.309 e. The van der Waals surface area contributed by atoms with Crippen LogP contribution in [-0.4, -0.2) is 16.2 Å². The molecule has 94 valence electrons. The molecule has 0 aromatic heterocycles. The molecule has 2 N–H and O–H groups in total. The van der Waals surface area contributed by atoms with Crippen LogP contribution in [0.3, 0.4) is 0 Å². The minimum atomic E-state index is -1.16. The van der Waals surface area contributed by atoms with Crippen molar-refractivity contribution in [2.45, 2.75) is 32.8 Å². The van der Waals surface area contributed by atoms with Crippen LogP contribution in [0.1, 0.15) is 37.0 Å². The molecule has 0 heterocycles. The second kappa shape index (κ2) is 5.77. The molecule has 0 aliphatic heterocycles. The van der Waals surface area contributed by atoms with Gasteiger partial charge >= 0.3 is 5.97 Å². The minimum absolute atomic E-state index is 0.314. The van der Waals surface area contributed by atoms with Crippen molar-refractivity contribution in [1.82, 2.24) is 0 Å². The van der Waals surface area contributed by atoms with Crippen molar-refractivity contribution in [3.8, 4) is 0 Å². The molecule has 1 rings (SSSR count). The van der Waals surface area contributed by atoms with E-state index in [4.69, 9.17) is 5.11 Å². The third-order valence-corrected chi connectivity index (χ3v) is 2.84. The van der Waals surface area contributed by atoms with Gasteiger partial charge in [-0.25, -0.2) is 4.39 Å². The Bertz CT molecular complexity index is 404. The van der Waals surface area contributed by atoms with E-state index in [0.717, 1.165) is 0 Å². The van der Waals surface area contributed by atoms with Gasteiger partial charge in [-0.3, -0.25) is 4.79 Å². The average Bonchev–Trinajstić information content (AvgIpc) is 2.28. The van der Waals surface area contributed by atoms with E-state index in [9.17, 15) is 14.3 Å². The molecular weight excluding hydrogens is 223 g/mol. The second-order valence-electron chi connectivity index (χ2n) is 4.19. The van der Waals surface area contributed by atoms with Gasteiger partial charge in [-0.15, -0.1) is 0 Å². The zero-order chi connectivity index (χ0) is 13.0. The zero-order valence-electron chi connectivity index (χ0n) is 9.98. The first kappa shape index (κ1) is 13.6. The average molecular weight is 240 g/mol. The van der Waals surface area contributed by atoms with E-state index >= 15 is 0 Å². The zero-order valence-corrected chi connectivity index (χ0v) is 9.98. The highest BCUT2D eigenvalue weighted by atomic mass is 19.1. The SMILES string of the molecule is CCCC(C(=O)O)C(O)c1ccc(C)c(F)c1. The monoisotopic (exact) mass is 240 g/mol. The standard InChI is InChI=1S/C13H17FO3/c1-3-4-10(13(16)17)12(15)9-6-5-8(2)11(14)7-9/h5-7,10,12,15H,3-4H2,1-2H3,(H,16,17). The maximum absolute atomic E-state index is 13.3. The number of aryl methyl sites for hydroxylation is 1. The summed E-state index contributed by atoms with van der Waals surface area (Å²) in [6, 6.07) is 4.30. The normalized spacial score (nSPS) is 14.4. The van der Waals surface area contributed by atoms with Gasteiger partial charge in [0.2, 0.25) is 0 Å². The van der Waals surface area contributed by atoms with Gasteiger partial charge in [0.15, 0.2) is 0 Å². The number of halogens is 1. The quantitative estimate of drug-likeness (QED) is 0.831. The predicted octanol–water partition coefficient (Wildman–Crippen LogP) is 2.67. The number of carboxylic acid groups (broad SMARTS) is 1. The fourth-order valence-corrected chi connectivity index (χ4v) is 1.75. The third-order valence-electron chi connectivity index (χ3n) is 2.84. The molecule has 17 heavy (non-hydrogen) atoms. The van der Waals surface area contributed by atoms with Crippen LogP contribution in [0.2, 0.25) is 0 Å². The first-order chi connectivity index (χ1) is 7.97. The molecule has 4 heteroatoms. The molecule has 0 saturated carbocycles. The summed E-state index contributed by atoms with van der Waals surface area (Å²) in [6.07, 6.45) is -0.142. The summed E-state index contributed by atoms with van der Waals surface area (Å²) in [4.78, 5) is 11.0. The van der Waals surface area contributed by atoms with Crippen LogP contribution in [-0.2, 0) is 4.79 Å². The lowest BCUT2D eigenvalue weighted by atomic mass is 9.91. The molecule has 2 unspecified atom stereocenters. The van der Waals surface area contributed by atoms with Crippen molar-refractivity contribution in [3.05, 3.63) is 35.1 Å². The topological polar surface area (TPSA) is 57.5 Å². The van der Waals surface area contributed by atoms with Gasteiger partial charge in [0, 0.05) is 0 Å². The van der Waals surface area contributed by atoms with Crippen LogP contribution in [0, 0.1) is 18.7 Å². The first-order valence-electron chi connectivity index (χ1n) is 5.64. The predicted molar refractivity (Wildman–Crippen MR) is 62.1 cm³/mol. The number of benzene rings is 1. The van der Waals surface area contributed by atoms with Gasteiger partial charge < -0.3 is 10.2 Å². The number of hydrogen-bond donors (Lipinski definition) is 2. The molecule has 0 saturated heterocycles. The number of carboxylic acids is 1. The summed E-state index contributed by atoms with van der Waals surface area (Å²) < 4.78 is 13.3. The van der Waals surface area contributed by atoms with Crippen LogP contribution in [0.4, 0.5) is 4.39 Å². The van der Waals surface area contributed by atoms with Crippen LogP contribution in [0.5, 0.6) is 0 Å². The van der Waals surface area contributed by atoms with E-state index in [1.165, 1.54) is 6.07 Å². The van der Waals surface area contributed by atoms with Gasteiger partial charge in [0.1, 0.15) is 5.82 Å². The van der Waals surface area contributed by atoms with Crippen molar-refractivity contribution < 1.29 is 19.4 Å². The number of hydrogen-bond acceptors (Lipinski definition) is 2. The summed E-state index contributed by atoms with van der Waals surface area (Å²) in [7, 11) is 0. The molecule has 0 aliphatic rings. The van der Waals surface area contributed by atoms with Crippen LogP contribution >= 0.6 is 0 Å². The van der Waals surface area contributed by atoms with Crippen molar-refractivity contribution in [2.75, 3.05) is 0 Å². The summed E-state index contributed by atoms with van der Waals surface area (Å²) in [5.74, 6) is -2.37. The largest absolute Gasteiger partial charge is 0.481 e. The van der Waals surface area contributed by atoms with Crippen LogP contribution < -0.4 is 0 Å². The summed E-state index contributed by atoms with van der Waals surface area (Å²) in [6.45, 7) is 3.46. The summed E-state index contributed by atoms with van der Waals surface area (Å²) in [5.41, 5.74) is 0.789. The number of aliphatic hydroxyl groups excluding tert-OH is 1. The molecule has 0 radical (unpaired) electrons. The number of aliphatic hydroxyl groups is 1. The highest BCUT2D eigenvalue weighted by Crippen LogP contribution is 2.27. The highest BCUT2D eigenvalue weighted by molar-refractivity contribution is 5.71. The fraction of sp³-hybridized carbons (Fsp3) is 0.462. The Morgan fingerprint density at radius 1 is 1.47 bits per heavy atom. The van der Waals surface area contributed by atoms with E-state index < -0.39 is 23.8 Å². The Labute approximate surface area is 99.9 Å². The maximum atomic E-state index is 13.3. The molecule has 1 aromatic carbocycles. The molecule has 0 fully saturated rings. The molecule has 0 amide bonds. The number of aliphatic carboxylic acids is 1. The molecular formula is C13H17FO3. The highest BCUT2D eigenvalue weighted by Gasteiger charge is 2.27. The van der Waals surface area contributed by atoms with Gasteiger partial charge in [0.25, 0.3) is 0 Å². The Morgan fingerprint density at radius 3 is 2.59 bits per heavy atom. The third kappa shape index (κ3) is 3.27. The lowest BCUT2D eigenvalue weighted by molar-refractivity contribution is -0.146. The van der Waals surface area contributed by atoms with Crippen LogP contribution in [0.15, 0.2) is 18.2 Å². The van der Waals surface area contributed by atoms with E-state index in [2.05, 4.69) is 0 Å². The van der Waals surface area contributed by atoms with E-state index in [0.29, 0.717) is 24.0 Å². The molecule has 0 bridgehead atoms. The summed E-state index contributed by atoms with van der Waals surface area (Å²) in [5, 5.41) is 19.0. The lowest BCUT2D eigenvalue weighted by Gasteiger charge is -2.19. The molecule has 0 aliphatic carbocycles. The molecule has 1 aromatic rings. The van der Waals surface area contributed by atoms with Crippen molar-refractivity contribution >= 4 is 5.97 Å². The van der Waals surface area contributed by atoms with Crippen LogP contribution in [0.25, 0.3) is 0 Å². The van der Waals surface area contributed by atoms with E-state index in [1.807, 2.05) is 6.92 Å². The lowest BCUT2D eigenvalue weighted by Crippen LogP contribution is -2.22. The number of carbonyl (C=O) groups is 1. The van der Waals surface area contributed by atoms with Gasteiger partial charge in [0.05, 0.1) is 12.0 Å². The van der Waals surface area contributed by atoms with Crippen molar-refractivity contribution in [3.63, 3.8) is 0 Å². The Morgan fingerprint density at radius 2 is 2.12 bits per heavy atom. The molecule has 0 spiro atoms. The summed E-state index contributed by atoms with van der Waals surface area (Å²) >= 11 is 0. The van der Waals surface area contributed by atoms with Gasteiger partial charge in [-0.2, -0.15) is 0 Å². The van der Waals surface area contributed by atoms with E-state index in [-0.39, 0.29) is 0 Å². The molecule has 2 atom stereocenters. The fourth-order valence-electron chi connectivity index (χ4n) is 1.75. The van der Waals surface area contributed by atoms with Crippen molar-refractivity contribution in [1.29, 1.82) is 0 Å². The molecule has 3 nitrogen and oxygen atoms in total. The Hall–Kier alpha value is -1.42. The van der Waals surface area contributed by atoms with E-state index in [1.54, 1.807) is 19.1 Å². The van der Waals surface area contributed by atoms with Gasteiger partial charge in [-0.1, -0.05) is 25.5 Å². The second-order valence-corrected chi connectivity index (χ2v) is 4.19. The maximum Gasteiger partial charge on any atom is 0.309 e. The Kier molecular flexibility index (Phi) is 4.63. The van der Waals surface area contributed by atoms with Crippen molar-refractivity contribution in [2.24, 2.45) is 5.92 Å². The number of rotatable bonds is 5. The van der Waals surface area contributed by atoms with Gasteiger partial charge in [-0.05, 0) is 30.5 Å². The first-order valence-corrected chi connectivity index (χ1v) is 5.64.